The van der Waals surface area contributed by atoms with E-state index in [0.29, 0.717) is 58.0 Å². The molecule has 1 saturated carbocycles. The first-order valence-corrected chi connectivity index (χ1v) is 19.5. The number of amides is 1. The van der Waals surface area contributed by atoms with E-state index in [-0.39, 0.29) is 18.5 Å². The van der Waals surface area contributed by atoms with E-state index in [1.165, 1.54) is 45.3 Å². The Labute approximate surface area is 328 Å². The molecule has 0 spiro atoms. The average molecular weight is 775 g/mol. The first-order chi connectivity index (χ1) is 26.1. The average Bonchev–Trinajstić information content (AvgIpc) is 3.60. The molecule has 8 nitrogen and oxygen atoms in total. The summed E-state index contributed by atoms with van der Waals surface area (Å²) in [6, 6.07) is 21.6. The van der Waals surface area contributed by atoms with E-state index in [4.69, 9.17) is 37.8 Å². The van der Waals surface area contributed by atoms with Gasteiger partial charge >= 0.3 is 0 Å². The largest absolute Gasteiger partial charge is 0.496 e. The zero-order valence-corrected chi connectivity index (χ0v) is 33.1. The Morgan fingerprint density at radius 3 is 2.37 bits per heavy atom. The van der Waals surface area contributed by atoms with Crippen LogP contribution in [-0.4, -0.2) is 69.0 Å². The number of carbonyl (C=O) groups excluding carboxylic acids is 1. The summed E-state index contributed by atoms with van der Waals surface area (Å²) in [5, 5.41) is 14.0. The lowest BCUT2D eigenvalue weighted by Crippen LogP contribution is -2.35. The third-order valence-corrected chi connectivity index (χ3v) is 11.3. The number of carbonyl (C=O) groups is 1. The minimum atomic E-state index is -0.400. The molecule has 6 rings (SSSR count). The molecule has 286 valence electrons. The fourth-order valence-electron chi connectivity index (χ4n) is 7.58. The minimum Gasteiger partial charge on any atom is -0.496 e. The van der Waals surface area contributed by atoms with Crippen LogP contribution < -0.4 is 20.1 Å². The van der Waals surface area contributed by atoms with E-state index in [0.717, 1.165) is 46.5 Å². The normalized spacial score (nSPS) is 16.3. The maximum absolute atomic E-state index is 15.6. The second-order valence-corrected chi connectivity index (χ2v) is 15.1. The summed E-state index contributed by atoms with van der Waals surface area (Å²) in [6.07, 6.45) is 9.49. The molecule has 4 aromatic rings. The standard InChI is InChI=1S/C43H50Cl2FN5O3/c1-50(33-12-6-5-7-13-33)26-31-19-38(44)30(22-40(31)53-3)27-51(2)48-23-28-11-8-9-14-34(28)36-16-10-15-35(43(36)45)29-20-39(46)37(41(21-29)54-4)25-47-24-32-17-18-42(52)49-32/h8-11,14-16,19-23,32-33,47H,5-7,12-13,17-18,24-27H2,1-4H3,(H,49,52)/b48-23-. The number of nitrogens with zero attached hydrogens (tertiary/aromatic N) is 3. The van der Waals surface area contributed by atoms with Crippen LogP contribution in [0.5, 0.6) is 11.5 Å². The molecule has 1 atom stereocenters. The topological polar surface area (TPSA) is 78.4 Å². The highest BCUT2D eigenvalue weighted by Gasteiger charge is 2.23. The summed E-state index contributed by atoms with van der Waals surface area (Å²) >= 11 is 14.0. The van der Waals surface area contributed by atoms with Gasteiger partial charge in [-0.25, -0.2) is 4.39 Å². The smallest absolute Gasteiger partial charge is 0.220 e. The molecule has 1 heterocycles. The van der Waals surface area contributed by atoms with Gasteiger partial charge in [-0.3, -0.25) is 14.7 Å². The van der Waals surface area contributed by atoms with Crippen LogP contribution in [0.25, 0.3) is 22.3 Å². The first kappa shape index (κ1) is 39.5. The van der Waals surface area contributed by atoms with Crippen molar-refractivity contribution in [2.75, 3.05) is 34.9 Å². The van der Waals surface area contributed by atoms with Crippen LogP contribution >= 0.6 is 23.2 Å². The summed E-state index contributed by atoms with van der Waals surface area (Å²) < 4.78 is 27.1. The van der Waals surface area contributed by atoms with E-state index in [9.17, 15) is 4.79 Å². The summed E-state index contributed by atoms with van der Waals surface area (Å²) in [6.45, 7) is 2.09. The summed E-state index contributed by atoms with van der Waals surface area (Å²) in [7, 11) is 7.34. The third kappa shape index (κ3) is 9.55. The van der Waals surface area contributed by atoms with E-state index in [1.54, 1.807) is 7.11 Å². The Bertz CT molecular complexity index is 1970. The number of hydrogen-bond acceptors (Lipinski definition) is 7. The number of benzene rings is 4. The van der Waals surface area contributed by atoms with Gasteiger partial charge in [0.25, 0.3) is 0 Å². The van der Waals surface area contributed by atoms with Crippen molar-refractivity contribution in [2.45, 2.75) is 76.7 Å². The lowest BCUT2D eigenvalue weighted by atomic mass is 9.94. The highest BCUT2D eigenvalue weighted by molar-refractivity contribution is 6.36. The Kier molecular flexibility index (Phi) is 13.5. The van der Waals surface area contributed by atoms with Crippen molar-refractivity contribution in [2.24, 2.45) is 5.10 Å². The summed E-state index contributed by atoms with van der Waals surface area (Å²) in [5.74, 6) is 0.897. The van der Waals surface area contributed by atoms with Crippen LogP contribution in [0.2, 0.25) is 10.0 Å². The third-order valence-electron chi connectivity index (χ3n) is 10.6. The van der Waals surface area contributed by atoms with Crippen molar-refractivity contribution >= 4 is 35.3 Å². The zero-order valence-electron chi connectivity index (χ0n) is 31.6. The van der Waals surface area contributed by atoms with E-state index < -0.39 is 5.82 Å². The molecule has 2 fully saturated rings. The molecule has 1 aliphatic carbocycles. The number of hydrazone groups is 1. The number of rotatable bonds is 15. The predicted octanol–water partition coefficient (Wildman–Crippen LogP) is 9.08. The molecular formula is C43H50Cl2FN5O3. The molecule has 4 aromatic carbocycles. The van der Waals surface area contributed by atoms with Crippen molar-refractivity contribution < 1.29 is 18.7 Å². The van der Waals surface area contributed by atoms with Crippen molar-refractivity contribution in [3.63, 3.8) is 0 Å². The zero-order chi connectivity index (χ0) is 38.2. The van der Waals surface area contributed by atoms with E-state index >= 15 is 4.39 Å². The van der Waals surface area contributed by atoms with Gasteiger partial charge in [-0.2, -0.15) is 5.10 Å². The number of halogens is 3. The first-order valence-electron chi connectivity index (χ1n) is 18.7. The molecule has 0 radical (unpaired) electrons. The number of ether oxygens (including phenoxy) is 2. The molecular weight excluding hydrogens is 724 g/mol. The minimum absolute atomic E-state index is 0.0450. The van der Waals surface area contributed by atoms with E-state index in [2.05, 4.69) is 22.6 Å². The fourth-order valence-corrected chi connectivity index (χ4v) is 8.16. The van der Waals surface area contributed by atoms with Crippen molar-refractivity contribution in [3.8, 4) is 33.8 Å². The summed E-state index contributed by atoms with van der Waals surface area (Å²) in [5.41, 5.74) is 6.27. The van der Waals surface area contributed by atoms with Gasteiger partial charge in [0.2, 0.25) is 5.91 Å². The lowest BCUT2D eigenvalue weighted by molar-refractivity contribution is -0.119. The van der Waals surface area contributed by atoms with Crippen LogP contribution in [0.3, 0.4) is 0 Å². The number of methoxy groups -OCH3 is 2. The highest BCUT2D eigenvalue weighted by atomic mass is 35.5. The number of nitrogens with one attached hydrogen (secondary N) is 2. The molecule has 11 heteroatoms. The second-order valence-electron chi connectivity index (χ2n) is 14.4. The molecule has 54 heavy (non-hydrogen) atoms. The van der Waals surface area contributed by atoms with Crippen LogP contribution in [-0.2, 0) is 24.4 Å². The highest BCUT2D eigenvalue weighted by Crippen LogP contribution is 2.40. The maximum atomic E-state index is 15.6. The van der Waals surface area contributed by atoms with Gasteiger partial charge in [-0.05, 0) is 67.3 Å². The van der Waals surface area contributed by atoms with Gasteiger partial charge in [0, 0.05) is 78.0 Å². The fraction of sp³-hybridized carbons (Fsp3) is 0.395. The monoisotopic (exact) mass is 773 g/mol. The van der Waals surface area contributed by atoms with Crippen LogP contribution in [0, 0.1) is 5.82 Å². The molecule has 2 N–H and O–H groups in total. The van der Waals surface area contributed by atoms with Gasteiger partial charge in [0.1, 0.15) is 17.3 Å². The predicted molar refractivity (Wildman–Crippen MR) is 217 cm³/mol. The van der Waals surface area contributed by atoms with Crippen molar-refractivity contribution in [1.82, 2.24) is 20.5 Å². The molecule has 1 amide bonds. The van der Waals surface area contributed by atoms with Crippen LogP contribution in [0.1, 0.15) is 67.2 Å². The lowest BCUT2D eigenvalue weighted by Gasteiger charge is -2.31. The Hall–Kier alpha value is -4.15. The molecule has 0 aromatic heterocycles. The Morgan fingerprint density at radius 2 is 1.63 bits per heavy atom. The Balaban J connectivity index is 1.17. The van der Waals surface area contributed by atoms with Crippen LogP contribution in [0.15, 0.2) is 71.8 Å². The van der Waals surface area contributed by atoms with Crippen molar-refractivity contribution in [1.29, 1.82) is 0 Å². The van der Waals surface area contributed by atoms with Gasteiger partial charge in [0.15, 0.2) is 0 Å². The number of hydrogen-bond donors (Lipinski definition) is 2. The van der Waals surface area contributed by atoms with Gasteiger partial charge in [0.05, 0.1) is 32.0 Å². The Morgan fingerprint density at radius 1 is 0.889 bits per heavy atom. The molecule has 2 aliphatic rings. The van der Waals surface area contributed by atoms with Gasteiger partial charge in [-0.1, -0.05) is 84.9 Å². The molecule has 1 aliphatic heterocycles. The van der Waals surface area contributed by atoms with Gasteiger partial charge < -0.3 is 20.1 Å². The summed E-state index contributed by atoms with van der Waals surface area (Å²) in [4.78, 5) is 14.0. The van der Waals surface area contributed by atoms with Gasteiger partial charge in [-0.15, -0.1) is 0 Å². The molecule has 1 saturated heterocycles. The molecule has 1 unspecified atom stereocenters. The van der Waals surface area contributed by atoms with E-state index in [1.807, 2.05) is 78.9 Å². The second kappa shape index (κ2) is 18.5. The SMILES string of the molecule is COc1cc(CN(C)/N=C\c2ccccc2-c2cccc(-c3cc(F)c(CNCC4CCC(=O)N4)c(OC)c3)c2Cl)c(Cl)cc1CN(C)C1CCCCC1. The quantitative estimate of drug-likeness (QED) is 0.0928. The van der Waals surface area contributed by atoms with Crippen molar-refractivity contribution in [3.05, 3.63) is 105 Å². The maximum Gasteiger partial charge on any atom is 0.220 e. The van der Waals surface area contributed by atoms with Crippen LogP contribution in [0.4, 0.5) is 4.39 Å². The molecule has 0 bridgehead atoms.